The SMILES string of the molecule is Cc1ccccc1OCCC(=O)N1CCC(=O)CC1. The van der Waals surface area contributed by atoms with Gasteiger partial charge in [0, 0.05) is 25.9 Å². The number of Topliss-reactive ketones (excluding diaryl/α,β-unsaturated/α-hetero) is 1. The van der Waals surface area contributed by atoms with E-state index >= 15 is 0 Å². The molecule has 1 aromatic rings. The molecule has 0 aromatic heterocycles. The van der Waals surface area contributed by atoms with Gasteiger partial charge in [0.2, 0.25) is 5.91 Å². The van der Waals surface area contributed by atoms with Crippen molar-refractivity contribution in [3.63, 3.8) is 0 Å². The van der Waals surface area contributed by atoms with Crippen LogP contribution in [0.2, 0.25) is 0 Å². The van der Waals surface area contributed by atoms with Gasteiger partial charge in [0.1, 0.15) is 11.5 Å². The molecule has 102 valence electrons. The van der Waals surface area contributed by atoms with Crippen molar-refractivity contribution in [2.45, 2.75) is 26.2 Å². The number of nitrogens with zero attached hydrogens (tertiary/aromatic N) is 1. The first kappa shape index (κ1) is 13.6. The Morgan fingerprint density at radius 1 is 1.26 bits per heavy atom. The Bertz CT molecular complexity index is 460. The van der Waals surface area contributed by atoms with Crippen molar-refractivity contribution in [3.8, 4) is 5.75 Å². The number of rotatable bonds is 4. The molecule has 4 heteroatoms. The van der Waals surface area contributed by atoms with Gasteiger partial charge >= 0.3 is 0 Å². The van der Waals surface area contributed by atoms with E-state index in [4.69, 9.17) is 4.74 Å². The third-order valence-electron chi connectivity index (χ3n) is 3.34. The van der Waals surface area contributed by atoms with Gasteiger partial charge in [-0.15, -0.1) is 0 Å². The molecule has 1 saturated heterocycles. The maximum absolute atomic E-state index is 11.9. The highest BCUT2D eigenvalue weighted by atomic mass is 16.5. The van der Waals surface area contributed by atoms with Crippen molar-refractivity contribution >= 4 is 11.7 Å². The first-order valence-corrected chi connectivity index (χ1v) is 6.65. The highest BCUT2D eigenvalue weighted by Crippen LogP contribution is 2.16. The van der Waals surface area contributed by atoms with Gasteiger partial charge in [0.25, 0.3) is 0 Å². The first-order valence-electron chi connectivity index (χ1n) is 6.65. The number of para-hydroxylation sites is 1. The number of ketones is 1. The summed E-state index contributed by atoms with van der Waals surface area (Å²) in [5.41, 5.74) is 1.07. The molecular formula is C15H19NO3. The summed E-state index contributed by atoms with van der Waals surface area (Å²) in [5, 5.41) is 0. The molecule has 19 heavy (non-hydrogen) atoms. The smallest absolute Gasteiger partial charge is 0.226 e. The normalized spacial score (nSPS) is 15.4. The molecule has 1 aliphatic heterocycles. The summed E-state index contributed by atoms with van der Waals surface area (Å²) in [4.78, 5) is 24.8. The van der Waals surface area contributed by atoms with Crippen LogP contribution in [0.25, 0.3) is 0 Å². The summed E-state index contributed by atoms with van der Waals surface area (Å²) in [6.07, 6.45) is 1.34. The Balaban J connectivity index is 1.75. The zero-order valence-electron chi connectivity index (χ0n) is 11.2. The summed E-state index contributed by atoms with van der Waals surface area (Å²) in [6.45, 7) is 3.48. The zero-order chi connectivity index (χ0) is 13.7. The van der Waals surface area contributed by atoms with Gasteiger partial charge in [-0.3, -0.25) is 9.59 Å². The average molecular weight is 261 g/mol. The average Bonchev–Trinajstić information content (AvgIpc) is 2.41. The minimum absolute atomic E-state index is 0.0704. The van der Waals surface area contributed by atoms with Gasteiger partial charge in [0.15, 0.2) is 0 Å². The molecule has 0 atom stereocenters. The Hall–Kier alpha value is -1.84. The predicted octanol–water partition coefficient (Wildman–Crippen LogP) is 1.96. The topological polar surface area (TPSA) is 46.6 Å². The summed E-state index contributed by atoms with van der Waals surface area (Å²) in [5.74, 6) is 1.14. The van der Waals surface area contributed by atoms with Crippen LogP contribution < -0.4 is 4.74 Å². The van der Waals surface area contributed by atoms with Crippen molar-refractivity contribution in [1.82, 2.24) is 4.90 Å². The minimum atomic E-state index is 0.0704. The Kier molecular flexibility index (Phi) is 4.55. The minimum Gasteiger partial charge on any atom is -0.493 e. The lowest BCUT2D eigenvalue weighted by Gasteiger charge is -2.26. The van der Waals surface area contributed by atoms with Crippen LogP contribution in [0.15, 0.2) is 24.3 Å². The largest absolute Gasteiger partial charge is 0.493 e. The van der Waals surface area contributed by atoms with Gasteiger partial charge < -0.3 is 9.64 Å². The zero-order valence-corrected chi connectivity index (χ0v) is 11.2. The number of benzene rings is 1. The van der Waals surface area contributed by atoms with Crippen LogP contribution in [0, 0.1) is 6.92 Å². The number of likely N-dealkylation sites (tertiary alicyclic amines) is 1. The number of carbonyl (C=O) groups excluding carboxylic acids is 2. The first-order chi connectivity index (χ1) is 9.16. The molecule has 0 radical (unpaired) electrons. The molecule has 1 fully saturated rings. The van der Waals surface area contributed by atoms with Crippen molar-refractivity contribution in [2.75, 3.05) is 19.7 Å². The number of ether oxygens (including phenoxy) is 1. The van der Waals surface area contributed by atoms with Crippen molar-refractivity contribution < 1.29 is 14.3 Å². The molecule has 0 N–H and O–H groups in total. The molecule has 0 unspecified atom stereocenters. The second-order valence-electron chi connectivity index (χ2n) is 4.78. The van der Waals surface area contributed by atoms with E-state index in [1.54, 1.807) is 4.90 Å². The second-order valence-corrected chi connectivity index (χ2v) is 4.78. The van der Waals surface area contributed by atoms with Crippen molar-refractivity contribution in [1.29, 1.82) is 0 Å². The highest BCUT2D eigenvalue weighted by molar-refractivity contribution is 5.83. The highest BCUT2D eigenvalue weighted by Gasteiger charge is 2.20. The van der Waals surface area contributed by atoms with Crippen LogP contribution in [-0.2, 0) is 9.59 Å². The van der Waals surface area contributed by atoms with E-state index in [0.717, 1.165) is 11.3 Å². The number of hydrogen-bond donors (Lipinski definition) is 0. The Morgan fingerprint density at radius 2 is 1.95 bits per heavy atom. The molecule has 4 nitrogen and oxygen atoms in total. The number of carbonyl (C=O) groups is 2. The lowest BCUT2D eigenvalue weighted by Crippen LogP contribution is -2.39. The van der Waals surface area contributed by atoms with Crippen LogP contribution in [0.5, 0.6) is 5.75 Å². The lowest BCUT2D eigenvalue weighted by molar-refractivity contribution is -0.134. The molecule has 1 aliphatic rings. The maximum Gasteiger partial charge on any atom is 0.226 e. The predicted molar refractivity (Wildman–Crippen MR) is 72.1 cm³/mol. The third kappa shape index (κ3) is 3.81. The van der Waals surface area contributed by atoms with Gasteiger partial charge in [-0.1, -0.05) is 18.2 Å². The van der Waals surface area contributed by atoms with Crippen molar-refractivity contribution in [2.24, 2.45) is 0 Å². The van der Waals surface area contributed by atoms with Crippen LogP contribution >= 0.6 is 0 Å². The standard InChI is InChI=1S/C15H19NO3/c1-12-4-2-3-5-14(12)19-11-8-15(18)16-9-6-13(17)7-10-16/h2-5H,6-11H2,1H3. The fraction of sp³-hybridized carbons (Fsp3) is 0.467. The van der Waals surface area contributed by atoms with E-state index in [0.29, 0.717) is 39.0 Å². The van der Waals surface area contributed by atoms with Crippen LogP contribution in [0.1, 0.15) is 24.8 Å². The maximum atomic E-state index is 11.9. The third-order valence-corrected chi connectivity index (χ3v) is 3.34. The molecule has 2 rings (SSSR count). The second kappa shape index (κ2) is 6.36. The molecule has 1 aromatic carbocycles. The molecule has 0 bridgehead atoms. The summed E-state index contributed by atoms with van der Waals surface area (Å²) >= 11 is 0. The van der Waals surface area contributed by atoms with E-state index in [9.17, 15) is 9.59 Å². The quantitative estimate of drug-likeness (QED) is 0.832. The van der Waals surface area contributed by atoms with Crippen LogP contribution in [0.4, 0.5) is 0 Å². The van der Waals surface area contributed by atoms with Gasteiger partial charge in [-0.05, 0) is 18.6 Å². The van der Waals surface area contributed by atoms with E-state index < -0.39 is 0 Å². The summed E-state index contributed by atoms with van der Waals surface area (Å²) in [7, 11) is 0. The molecule has 0 saturated carbocycles. The van der Waals surface area contributed by atoms with E-state index in [-0.39, 0.29) is 11.7 Å². The fourth-order valence-electron chi connectivity index (χ4n) is 2.13. The molecular weight excluding hydrogens is 242 g/mol. The molecule has 1 heterocycles. The number of aryl methyl sites for hydroxylation is 1. The van der Waals surface area contributed by atoms with Crippen molar-refractivity contribution in [3.05, 3.63) is 29.8 Å². The van der Waals surface area contributed by atoms with Crippen LogP contribution in [0.3, 0.4) is 0 Å². The summed E-state index contributed by atoms with van der Waals surface area (Å²) in [6, 6.07) is 7.76. The van der Waals surface area contributed by atoms with E-state index in [2.05, 4.69) is 0 Å². The Morgan fingerprint density at radius 3 is 2.63 bits per heavy atom. The summed E-state index contributed by atoms with van der Waals surface area (Å²) < 4.78 is 5.60. The van der Waals surface area contributed by atoms with Crippen LogP contribution in [-0.4, -0.2) is 36.3 Å². The fourth-order valence-corrected chi connectivity index (χ4v) is 2.13. The van der Waals surface area contributed by atoms with Gasteiger partial charge in [-0.2, -0.15) is 0 Å². The van der Waals surface area contributed by atoms with Gasteiger partial charge in [0.05, 0.1) is 13.0 Å². The van der Waals surface area contributed by atoms with Gasteiger partial charge in [-0.25, -0.2) is 0 Å². The Labute approximate surface area is 113 Å². The monoisotopic (exact) mass is 261 g/mol. The van der Waals surface area contributed by atoms with E-state index in [1.165, 1.54) is 0 Å². The number of hydrogen-bond acceptors (Lipinski definition) is 3. The number of amides is 1. The molecule has 0 aliphatic carbocycles. The van der Waals surface area contributed by atoms with E-state index in [1.807, 2.05) is 31.2 Å². The molecule has 0 spiro atoms. The lowest BCUT2D eigenvalue weighted by atomic mass is 10.1. The molecule has 1 amide bonds. The number of piperidine rings is 1.